The van der Waals surface area contributed by atoms with E-state index in [1.54, 1.807) is 42.9 Å². The summed E-state index contributed by atoms with van der Waals surface area (Å²) < 4.78 is 6.57. The fraction of sp³-hybridized carbons (Fsp3) is 0.357. The molecule has 0 aliphatic carbocycles. The summed E-state index contributed by atoms with van der Waals surface area (Å²) in [6, 6.07) is 4.50. The molecule has 2 rings (SSSR count). The van der Waals surface area contributed by atoms with Crippen LogP contribution in [-0.4, -0.2) is 27.6 Å². The number of aryl methyl sites for hydroxylation is 2. The first-order valence-corrected chi connectivity index (χ1v) is 6.92. The Hall–Kier alpha value is -2.61. The summed E-state index contributed by atoms with van der Waals surface area (Å²) in [5, 5.41) is 6.32. The van der Waals surface area contributed by atoms with Crippen molar-refractivity contribution in [2.45, 2.75) is 26.3 Å². The molecule has 0 spiro atoms. The van der Waals surface area contributed by atoms with E-state index in [0.717, 1.165) is 0 Å². The molecule has 0 unspecified atom stereocenters. The van der Waals surface area contributed by atoms with Gasteiger partial charge in [0.05, 0.1) is 0 Å². The molecule has 0 saturated carbocycles. The number of amides is 2. The molecule has 0 aromatic carbocycles. The summed E-state index contributed by atoms with van der Waals surface area (Å²) in [6.45, 7) is 3.57. The van der Waals surface area contributed by atoms with Gasteiger partial charge in [-0.25, -0.2) is 5.43 Å². The Kier molecular flexibility index (Phi) is 4.95. The predicted octanol–water partition coefficient (Wildman–Crippen LogP) is 0.973. The van der Waals surface area contributed by atoms with Crippen LogP contribution in [0.5, 0.6) is 0 Å². The lowest BCUT2D eigenvalue weighted by atomic mass is 10.2. The van der Waals surface area contributed by atoms with Crippen LogP contribution in [-0.2, 0) is 11.8 Å². The maximum absolute atomic E-state index is 12.1. The zero-order valence-electron chi connectivity index (χ0n) is 12.7. The number of hydrogen-bond donors (Lipinski definition) is 3. The standard InChI is InChI=1S/C14H19N5O3/c1-4-10(13(20)15-12-8-9(2)22-18-12)16-17-14(21)11-6-5-7-19(11)3/h5-8,10,16H,4H2,1-3H3,(H,17,21)(H,15,18,20)/t10-/m0/s1. The highest BCUT2D eigenvalue weighted by Gasteiger charge is 2.19. The maximum Gasteiger partial charge on any atom is 0.281 e. The van der Waals surface area contributed by atoms with Gasteiger partial charge in [-0.05, 0) is 25.5 Å². The number of rotatable bonds is 6. The van der Waals surface area contributed by atoms with Gasteiger partial charge < -0.3 is 14.4 Å². The smallest absolute Gasteiger partial charge is 0.281 e. The molecule has 2 aromatic rings. The van der Waals surface area contributed by atoms with Crippen molar-refractivity contribution < 1.29 is 14.1 Å². The minimum atomic E-state index is -0.582. The topological polar surface area (TPSA) is 101 Å². The number of anilines is 1. The second-order valence-electron chi connectivity index (χ2n) is 4.88. The normalized spacial score (nSPS) is 12.0. The van der Waals surface area contributed by atoms with Crippen LogP contribution in [0, 0.1) is 6.92 Å². The molecular weight excluding hydrogens is 286 g/mol. The molecule has 0 radical (unpaired) electrons. The predicted molar refractivity (Wildman–Crippen MR) is 80.0 cm³/mol. The average Bonchev–Trinajstić information content (AvgIpc) is 3.08. The van der Waals surface area contributed by atoms with E-state index in [4.69, 9.17) is 4.52 Å². The molecule has 0 aliphatic rings. The van der Waals surface area contributed by atoms with Crippen LogP contribution < -0.4 is 16.2 Å². The van der Waals surface area contributed by atoms with Crippen molar-refractivity contribution in [3.05, 3.63) is 35.9 Å². The molecular formula is C14H19N5O3. The fourth-order valence-electron chi connectivity index (χ4n) is 1.91. The Morgan fingerprint density at radius 3 is 2.77 bits per heavy atom. The number of hydrazine groups is 1. The van der Waals surface area contributed by atoms with Gasteiger partial charge in [0, 0.05) is 19.3 Å². The second kappa shape index (κ2) is 6.90. The van der Waals surface area contributed by atoms with Crippen LogP contribution in [0.1, 0.15) is 29.6 Å². The summed E-state index contributed by atoms with van der Waals surface area (Å²) >= 11 is 0. The fourth-order valence-corrected chi connectivity index (χ4v) is 1.91. The molecule has 1 atom stereocenters. The number of nitrogens with one attached hydrogen (secondary N) is 3. The Bertz CT molecular complexity index is 661. The molecule has 0 fully saturated rings. The lowest BCUT2D eigenvalue weighted by molar-refractivity contribution is -0.118. The highest BCUT2D eigenvalue weighted by Crippen LogP contribution is 2.08. The minimum Gasteiger partial charge on any atom is -0.360 e. The van der Waals surface area contributed by atoms with Crippen LogP contribution in [0.25, 0.3) is 0 Å². The molecule has 3 N–H and O–H groups in total. The van der Waals surface area contributed by atoms with E-state index in [1.165, 1.54) is 0 Å². The van der Waals surface area contributed by atoms with Crippen LogP contribution in [0.15, 0.2) is 28.9 Å². The van der Waals surface area contributed by atoms with Gasteiger partial charge in [-0.2, -0.15) is 0 Å². The van der Waals surface area contributed by atoms with E-state index in [1.807, 2.05) is 6.92 Å². The van der Waals surface area contributed by atoms with Gasteiger partial charge in [-0.15, -0.1) is 0 Å². The summed E-state index contributed by atoms with van der Waals surface area (Å²) in [6.07, 6.45) is 2.27. The lowest BCUT2D eigenvalue weighted by Crippen LogP contribution is -2.50. The Morgan fingerprint density at radius 1 is 1.45 bits per heavy atom. The molecule has 118 valence electrons. The lowest BCUT2D eigenvalue weighted by Gasteiger charge is -2.16. The minimum absolute atomic E-state index is 0.303. The van der Waals surface area contributed by atoms with Gasteiger partial charge in [0.2, 0.25) is 5.91 Å². The Balaban J connectivity index is 1.90. The number of nitrogens with zero attached hydrogens (tertiary/aromatic N) is 2. The molecule has 0 aliphatic heterocycles. The molecule has 2 amide bonds. The van der Waals surface area contributed by atoms with Gasteiger partial charge >= 0.3 is 0 Å². The van der Waals surface area contributed by atoms with Crippen LogP contribution >= 0.6 is 0 Å². The van der Waals surface area contributed by atoms with E-state index in [-0.39, 0.29) is 11.8 Å². The van der Waals surface area contributed by atoms with E-state index in [2.05, 4.69) is 21.3 Å². The zero-order valence-corrected chi connectivity index (χ0v) is 12.7. The van der Waals surface area contributed by atoms with Gasteiger partial charge in [0.15, 0.2) is 5.82 Å². The zero-order chi connectivity index (χ0) is 16.1. The highest BCUT2D eigenvalue weighted by atomic mass is 16.5. The summed E-state index contributed by atoms with van der Waals surface area (Å²) in [4.78, 5) is 24.1. The van der Waals surface area contributed by atoms with E-state index < -0.39 is 6.04 Å². The van der Waals surface area contributed by atoms with Gasteiger partial charge in [0.1, 0.15) is 17.5 Å². The number of hydrogen-bond acceptors (Lipinski definition) is 5. The van der Waals surface area contributed by atoms with Gasteiger partial charge in [-0.3, -0.25) is 15.0 Å². The molecule has 2 aromatic heterocycles. The molecule has 0 saturated heterocycles. The highest BCUT2D eigenvalue weighted by molar-refractivity contribution is 5.95. The Morgan fingerprint density at radius 2 is 2.23 bits per heavy atom. The largest absolute Gasteiger partial charge is 0.360 e. The van der Waals surface area contributed by atoms with Crippen LogP contribution in [0.4, 0.5) is 5.82 Å². The summed E-state index contributed by atoms with van der Waals surface area (Å²) in [5.74, 6) is 0.337. The third-order valence-electron chi connectivity index (χ3n) is 3.14. The van der Waals surface area contributed by atoms with Crippen molar-refractivity contribution in [2.24, 2.45) is 7.05 Å². The number of aromatic nitrogens is 2. The van der Waals surface area contributed by atoms with Gasteiger partial charge in [-0.1, -0.05) is 12.1 Å². The number of carbonyl (C=O) groups excluding carboxylic acids is 2. The first kappa shape index (κ1) is 15.8. The monoisotopic (exact) mass is 305 g/mol. The van der Waals surface area contributed by atoms with Crippen molar-refractivity contribution in [2.75, 3.05) is 5.32 Å². The third-order valence-corrected chi connectivity index (χ3v) is 3.14. The average molecular weight is 305 g/mol. The van der Waals surface area contributed by atoms with Crippen molar-refractivity contribution >= 4 is 17.6 Å². The van der Waals surface area contributed by atoms with Crippen molar-refractivity contribution in [1.82, 2.24) is 20.6 Å². The SMILES string of the molecule is CC[C@H](NNC(=O)c1cccn1C)C(=O)Nc1cc(C)on1. The maximum atomic E-state index is 12.1. The van der Waals surface area contributed by atoms with Crippen molar-refractivity contribution in [3.8, 4) is 0 Å². The second-order valence-corrected chi connectivity index (χ2v) is 4.88. The number of carbonyl (C=O) groups is 2. The van der Waals surface area contributed by atoms with Crippen LogP contribution in [0.3, 0.4) is 0 Å². The van der Waals surface area contributed by atoms with Gasteiger partial charge in [0.25, 0.3) is 5.91 Å². The van der Waals surface area contributed by atoms with E-state index >= 15 is 0 Å². The third kappa shape index (κ3) is 3.73. The Labute approximate surface area is 127 Å². The molecule has 22 heavy (non-hydrogen) atoms. The van der Waals surface area contributed by atoms with Crippen molar-refractivity contribution in [1.29, 1.82) is 0 Å². The van der Waals surface area contributed by atoms with E-state index in [0.29, 0.717) is 23.7 Å². The first-order valence-electron chi connectivity index (χ1n) is 6.92. The summed E-state index contributed by atoms with van der Waals surface area (Å²) in [5.41, 5.74) is 5.76. The molecule has 0 bridgehead atoms. The first-order chi connectivity index (χ1) is 10.5. The van der Waals surface area contributed by atoms with Crippen LogP contribution in [0.2, 0.25) is 0 Å². The molecule has 8 heteroatoms. The molecule has 2 heterocycles. The quantitative estimate of drug-likeness (QED) is 0.690. The molecule has 8 nitrogen and oxygen atoms in total. The van der Waals surface area contributed by atoms with E-state index in [9.17, 15) is 9.59 Å². The van der Waals surface area contributed by atoms with Crippen molar-refractivity contribution in [3.63, 3.8) is 0 Å². The summed E-state index contributed by atoms with van der Waals surface area (Å²) in [7, 11) is 1.77.